The van der Waals surface area contributed by atoms with E-state index in [1.54, 1.807) is 30.7 Å². The van der Waals surface area contributed by atoms with Crippen LogP contribution < -0.4 is 4.74 Å². The van der Waals surface area contributed by atoms with Gasteiger partial charge in [-0.3, -0.25) is 4.57 Å². The van der Waals surface area contributed by atoms with Crippen molar-refractivity contribution < 1.29 is 9.47 Å². The lowest BCUT2D eigenvalue weighted by Gasteiger charge is -2.37. The third kappa shape index (κ3) is 4.63. The lowest BCUT2D eigenvalue weighted by atomic mass is 9.87. The van der Waals surface area contributed by atoms with E-state index in [1.807, 2.05) is 17.7 Å². The van der Waals surface area contributed by atoms with Crippen molar-refractivity contribution in [3.63, 3.8) is 0 Å². The van der Waals surface area contributed by atoms with Crippen LogP contribution in [0.2, 0.25) is 10.0 Å². The van der Waals surface area contributed by atoms with E-state index in [0.29, 0.717) is 22.4 Å². The number of rotatable bonds is 6. The Morgan fingerprint density at radius 1 is 1.26 bits per heavy atom. The Labute approximate surface area is 147 Å². The largest absolute Gasteiger partial charge is 0.466 e. The van der Waals surface area contributed by atoms with Crippen LogP contribution >= 0.6 is 23.2 Å². The first-order valence-electron chi connectivity index (χ1n) is 7.53. The topological polar surface area (TPSA) is 36.3 Å². The number of nitrogens with zero attached hydrogens (tertiary/aromatic N) is 2. The zero-order chi connectivity index (χ0) is 17.0. The summed E-state index contributed by atoms with van der Waals surface area (Å²) in [5.41, 5.74) is -0.135. The zero-order valence-corrected chi connectivity index (χ0v) is 15.3. The molecule has 6 heteroatoms. The van der Waals surface area contributed by atoms with Crippen LogP contribution in [-0.2, 0) is 4.74 Å². The molecule has 0 aliphatic heterocycles. The number of aromatic nitrogens is 2. The Balaban J connectivity index is 2.38. The lowest BCUT2D eigenvalue weighted by Crippen LogP contribution is -2.40. The van der Waals surface area contributed by atoms with Crippen LogP contribution in [0.1, 0.15) is 33.9 Å². The quantitative estimate of drug-likeness (QED) is 0.711. The highest BCUT2D eigenvalue weighted by atomic mass is 35.5. The van der Waals surface area contributed by atoms with Crippen molar-refractivity contribution in [1.82, 2.24) is 9.55 Å². The molecule has 4 nitrogen and oxygen atoms in total. The maximum Gasteiger partial charge on any atom is 0.203 e. The maximum atomic E-state index is 6.26. The first-order chi connectivity index (χ1) is 10.8. The van der Waals surface area contributed by atoms with Gasteiger partial charge in [0.05, 0.1) is 11.3 Å². The van der Waals surface area contributed by atoms with Crippen molar-refractivity contribution in [2.45, 2.75) is 40.0 Å². The average molecular weight is 357 g/mol. The molecule has 0 N–H and O–H groups in total. The van der Waals surface area contributed by atoms with Gasteiger partial charge >= 0.3 is 0 Å². The van der Waals surface area contributed by atoms with E-state index in [9.17, 15) is 0 Å². The summed E-state index contributed by atoms with van der Waals surface area (Å²) >= 11 is 12.2. The molecule has 0 saturated carbocycles. The van der Waals surface area contributed by atoms with Gasteiger partial charge in [-0.15, -0.1) is 0 Å². The molecule has 1 heterocycles. The van der Waals surface area contributed by atoms with E-state index in [0.717, 1.165) is 0 Å². The predicted molar refractivity (Wildman–Crippen MR) is 93.2 cm³/mol. The summed E-state index contributed by atoms with van der Waals surface area (Å²) in [5, 5.41) is 1.03. The van der Waals surface area contributed by atoms with Gasteiger partial charge < -0.3 is 9.47 Å². The summed E-state index contributed by atoms with van der Waals surface area (Å²) in [4.78, 5) is 4.12. The van der Waals surface area contributed by atoms with Gasteiger partial charge in [-0.1, -0.05) is 44.0 Å². The minimum atomic E-state index is -0.392. The molecule has 0 radical (unpaired) electrons. The van der Waals surface area contributed by atoms with Crippen LogP contribution in [-0.4, -0.2) is 22.3 Å². The van der Waals surface area contributed by atoms with Gasteiger partial charge in [0.2, 0.25) is 6.23 Å². The summed E-state index contributed by atoms with van der Waals surface area (Å²) in [7, 11) is 0. The van der Waals surface area contributed by atoms with E-state index in [-0.39, 0.29) is 11.5 Å². The van der Waals surface area contributed by atoms with E-state index >= 15 is 0 Å². The van der Waals surface area contributed by atoms with Crippen molar-refractivity contribution in [3.8, 4) is 5.75 Å². The molecule has 0 aliphatic carbocycles. The number of imidazole rings is 1. The Morgan fingerprint density at radius 2 is 2.00 bits per heavy atom. The molecule has 2 unspecified atom stereocenters. The van der Waals surface area contributed by atoms with Gasteiger partial charge in [0.1, 0.15) is 11.9 Å². The highest BCUT2D eigenvalue weighted by Gasteiger charge is 2.36. The average Bonchev–Trinajstić information content (AvgIpc) is 2.97. The van der Waals surface area contributed by atoms with E-state index < -0.39 is 6.23 Å². The number of hydrogen-bond donors (Lipinski definition) is 0. The molecule has 0 saturated heterocycles. The van der Waals surface area contributed by atoms with Crippen molar-refractivity contribution in [3.05, 3.63) is 47.0 Å². The standard InChI is InChI=1S/C17H22Cl2N2O2/c1-5-22-15(17(2,3)4)16(21-9-8-20-11-21)23-14-7-6-12(18)10-13(14)19/h6-11,15-16H,5H2,1-4H3. The molecule has 0 spiro atoms. The van der Waals surface area contributed by atoms with Crippen LogP contribution in [0.4, 0.5) is 0 Å². The fourth-order valence-electron chi connectivity index (χ4n) is 2.34. The second kappa shape index (κ2) is 7.56. The monoisotopic (exact) mass is 356 g/mol. The van der Waals surface area contributed by atoms with Crippen LogP contribution in [0.25, 0.3) is 0 Å². The molecule has 0 bridgehead atoms. The first-order valence-corrected chi connectivity index (χ1v) is 8.29. The number of ether oxygens (including phenoxy) is 2. The highest BCUT2D eigenvalue weighted by molar-refractivity contribution is 6.35. The number of benzene rings is 1. The van der Waals surface area contributed by atoms with Gasteiger partial charge in [-0.25, -0.2) is 4.98 Å². The lowest BCUT2D eigenvalue weighted by molar-refractivity contribution is -0.107. The molecular formula is C17H22Cl2N2O2. The molecule has 1 aromatic heterocycles. The third-order valence-electron chi connectivity index (χ3n) is 3.42. The highest BCUT2D eigenvalue weighted by Crippen LogP contribution is 2.36. The van der Waals surface area contributed by atoms with E-state index in [4.69, 9.17) is 32.7 Å². The van der Waals surface area contributed by atoms with E-state index in [2.05, 4.69) is 25.8 Å². The minimum absolute atomic E-state index is 0.135. The molecule has 0 fully saturated rings. The second-order valence-corrected chi connectivity index (χ2v) is 7.18. The minimum Gasteiger partial charge on any atom is -0.466 e. The van der Waals surface area contributed by atoms with Gasteiger partial charge in [0.25, 0.3) is 0 Å². The Hall–Kier alpha value is -1.23. The van der Waals surface area contributed by atoms with Crippen LogP contribution in [0, 0.1) is 5.41 Å². The molecule has 23 heavy (non-hydrogen) atoms. The Morgan fingerprint density at radius 3 is 2.52 bits per heavy atom. The summed E-state index contributed by atoms with van der Waals surface area (Å²) in [5.74, 6) is 0.559. The van der Waals surface area contributed by atoms with E-state index in [1.165, 1.54) is 0 Å². The molecule has 0 aliphatic rings. The van der Waals surface area contributed by atoms with Crippen LogP contribution in [0.5, 0.6) is 5.75 Å². The SMILES string of the molecule is CCOC(C(Oc1ccc(Cl)cc1Cl)n1ccnc1)C(C)(C)C. The van der Waals surface area contributed by atoms with Crippen molar-refractivity contribution in [2.24, 2.45) is 5.41 Å². The summed E-state index contributed by atoms with van der Waals surface area (Å²) < 4.78 is 14.1. The zero-order valence-electron chi connectivity index (χ0n) is 13.8. The fourth-order valence-corrected chi connectivity index (χ4v) is 2.79. The smallest absolute Gasteiger partial charge is 0.203 e. The summed E-state index contributed by atoms with van der Waals surface area (Å²) in [6.45, 7) is 8.90. The third-order valence-corrected chi connectivity index (χ3v) is 3.95. The van der Waals surface area contributed by atoms with Crippen LogP contribution in [0.3, 0.4) is 0 Å². The molecule has 126 valence electrons. The Kier molecular flexibility index (Phi) is 5.95. The molecule has 2 rings (SSSR count). The van der Waals surface area contributed by atoms with Gasteiger partial charge in [-0.05, 0) is 30.5 Å². The van der Waals surface area contributed by atoms with Crippen LogP contribution in [0.15, 0.2) is 36.9 Å². The predicted octanol–water partition coefficient (Wildman–Crippen LogP) is 5.22. The van der Waals surface area contributed by atoms with Crippen molar-refractivity contribution in [2.75, 3.05) is 6.61 Å². The normalized spacial score (nSPS) is 14.5. The summed E-state index contributed by atoms with van der Waals surface area (Å²) in [6.07, 6.45) is 4.70. The molecule has 1 aromatic carbocycles. The molecular weight excluding hydrogens is 335 g/mol. The van der Waals surface area contributed by atoms with Crippen molar-refractivity contribution >= 4 is 23.2 Å². The number of halogens is 2. The summed E-state index contributed by atoms with van der Waals surface area (Å²) in [6, 6.07) is 5.18. The van der Waals surface area contributed by atoms with Gasteiger partial charge in [-0.2, -0.15) is 0 Å². The van der Waals surface area contributed by atoms with Crippen molar-refractivity contribution in [1.29, 1.82) is 0 Å². The van der Waals surface area contributed by atoms with Gasteiger partial charge in [0.15, 0.2) is 0 Å². The maximum absolute atomic E-state index is 6.26. The molecule has 2 atom stereocenters. The second-order valence-electron chi connectivity index (χ2n) is 6.34. The molecule has 2 aromatic rings. The molecule has 0 amide bonds. The fraction of sp³-hybridized carbons (Fsp3) is 0.471. The number of hydrogen-bond acceptors (Lipinski definition) is 3. The van der Waals surface area contributed by atoms with Gasteiger partial charge in [0, 0.05) is 24.0 Å². The Bertz CT molecular complexity index is 624. The first kappa shape index (κ1) is 18.1.